The Hall–Kier alpha value is -1.06. The van der Waals surface area contributed by atoms with E-state index in [1.54, 1.807) is 0 Å². The van der Waals surface area contributed by atoms with Crippen molar-refractivity contribution in [3.63, 3.8) is 0 Å². The maximum absolute atomic E-state index is 12.3. The summed E-state index contributed by atoms with van der Waals surface area (Å²) in [5, 5.41) is 7.21. The fourth-order valence-electron chi connectivity index (χ4n) is 3.18. The summed E-state index contributed by atoms with van der Waals surface area (Å²) in [5.74, 6) is 0.119. The van der Waals surface area contributed by atoms with Crippen LogP contribution >= 0.6 is 11.6 Å². The van der Waals surface area contributed by atoms with E-state index in [1.165, 1.54) is 19.3 Å². The summed E-state index contributed by atoms with van der Waals surface area (Å²) in [4.78, 5) is 12.3. The van der Waals surface area contributed by atoms with E-state index in [-0.39, 0.29) is 17.5 Å². The third-order valence-electron chi connectivity index (χ3n) is 4.59. The molecule has 4 heteroatoms. The predicted octanol–water partition coefficient (Wildman–Crippen LogP) is 3.83. The van der Waals surface area contributed by atoms with E-state index in [0.717, 1.165) is 18.4 Å². The molecule has 0 aliphatic heterocycles. The van der Waals surface area contributed by atoms with Crippen LogP contribution in [0.2, 0.25) is 5.02 Å². The quantitative estimate of drug-likeness (QED) is 0.868. The van der Waals surface area contributed by atoms with Crippen molar-refractivity contribution in [2.75, 3.05) is 7.05 Å². The Morgan fingerprint density at radius 1 is 1.24 bits per heavy atom. The smallest absolute Gasteiger partial charge is 0.222 e. The van der Waals surface area contributed by atoms with Crippen molar-refractivity contribution in [3.8, 4) is 0 Å². The van der Waals surface area contributed by atoms with Crippen LogP contribution in [0.4, 0.5) is 0 Å². The molecule has 2 rings (SSSR count). The van der Waals surface area contributed by atoms with Gasteiger partial charge in [-0.2, -0.15) is 0 Å². The van der Waals surface area contributed by atoms with Crippen molar-refractivity contribution in [2.45, 2.75) is 57.0 Å². The van der Waals surface area contributed by atoms with E-state index in [0.29, 0.717) is 11.4 Å². The summed E-state index contributed by atoms with van der Waals surface area (Å²) < 4.78 is 0. The van der Waals surface area contributed by atoms with Crippen LogP contribution in [0.25, 0.3) is 0 Å². The van der Waals surface area contributed by atoms with E-state index in [1.807, 2.05) is 38.2 Å². The number of carbonyl (C=O) groups is 1. The molecule has 21 heavy (non-hydrogen) atoms. The molecular formula is C17H25ClN2O. The third kappa shape index (κ3) is 4.45. The Labute approximate surface area is 132 Å². The van der Waals surface area contributed by atoms with Crippen molar-refractivity contribution in [1.82, 2.24) is 10.6 Å². The second kappa shape index (κ2) is 7.28. The van der Waals surface area contributed by atoms with Gasteiger partial charge < -0.3 is 10.6 Å². The highest BCUT2D eigenvalue weighted by atomic mass is 35.5. The minimum atomic E-state index is -0.0119. The first kappa shape index (κ1) is 16.3. The third-order valence-corrected chi connectivity index (χ3v) is 4.84. The van der Waals surface area contributed by atoms with Crippen LogP contribution in [0, 0.1) is 0 Å². The highest BCUT2D eigenvalue weighted by Crippen LogP contribution is 2.31. The first-order valence-electron chi connectivity index (χ1n) is 7.78. The van der Waals surface area contributed by atoms with Gasteiger partial charge in [0.05, 0.1) is 6.04 Å². The molecule has 1 aliphatic carbocycles. The van der Waals surface area contributed by atoms with Crippen LogP contribution < -0.4 is 10.6 Å². The molecule has 1 saturated carbocycles. The van der Waals surface area contributed by atoms with Crippen LogP contribution in [-0.4, -0.2) is 18.5 Å². The number of benzene rings is 1. The maximum atomic E-state index is 12.3. The van der Waals surface area contributed by atoms with E-state index in [2.05, 4.69) is 10.6 Å². The molecule has 116 valence electrons. The van der Waals surface area contributed by atoms with Gasteiger partial charge in [0.25, 0.3) is 0 Å². The number of hydrogen-bond donors (Lipinski definition) is 2. The lowest BCUT2D eigenvalue weighted by atomic mass is 9.79. The molecule has 1 aliphatic rings. The monoisotopic (exact) mass is 308 g/mol. The molecule has 0 heterocycles. The normalized spacial score (nSPS) is 19.0. The van der Waals surface area contributed by atoms with Gasteiger partial charge in [-0.05, 0) is 44.5 Å². The fourth-order valence-corrected chi connectivity index (χ4v) is 3.30. The van der Waals surface area contributed by atoms with Crippen LogP contribution in [0.1, 0.15) is 57.1 Å². The molecule has 1 atom stereocenters. The molecule has 0 saturated heterocycles. The van der Waals surface area contributed by atoms with Crippen molar-refractivity contribution in [2.24, 2.45) is 0 Å². The van der Waals surface area contributed by atoms with E-state index >= 15 is 0 Å². The van der Waals surface area contributed by atoms with E-state index in [4.69, 9.17) is 11.6 Å². The molecule has 0 unspecified atom stereocenters. The number of amides is 1. The average molecular weight is 309 g/mol. The fraction of sp³-hybridized carbons (Fsp3) is 0.588. The molecule has 0 bridgehead atoms. The van der Waals surface area contributed by atoms with Crippen molar-refractivity contribution < 1.29 is 4.79 Å². The minimum Gasteiger partial charge on any atom is -0.350 e. The molecule has 2 N–H and O–H groups in total. The summed E-state index contributed by atoms with van der Waals surface area (Å²) in [6, 6.07) is 7.64. The average Bonchev–Trinajstić information content (AvgIpc) is 2.48. The number of halogens is 1. The van der Waals surface area contributed by atoms with Crippen LogP contribution in [0.5, 0.6) is 0 Å². The van der Waals surface area contributed by atoms with Crippen LogP contribution in [-0.2, 0) is 4.79 Å². The van der Waals surface area contributed by atoms with E-state index in [9.17, 15) is 4.79 Å². The van der Waals surface area contributed by atoms with Gasteiger partial charge >= 0.3 is 0 Å². The Morgan fingerprint density at radius 3 is 2.43 bits per heavy atom. The highest BCUT2D eigenvalue weighted by molar-refractivity contribution is 6.30. The Kier molecular flexibility index (Phi) is 5.65. The van der Waals surface area contributed by atoms with Gasteiger partial charge in [0, 0.05) is 17.0 Å². The maximum Gasteiger partial charge on any atom is 0.222 e. The lowest BCUT2D eigenvalue weighted by molar-refractivity contribution is -0.123. The number of nitrogens with one attached hydrogen (secondary N) is 2. The molecule has 1 aromatic rings. The van der Waals surface area contributed by atoms with Gasteiger partial charge in [-0.25, -0.2) is 0 Å². The molecule has 0 aromatic heterocycles. The Morgan fingerprint density at radius 2 is 1.86 bits per heavy atom. The van der Waals surface area contributed by atoms with Crippen molar-refractivity contribution >= 4 is 17.5 Å². The molecular weight excluding hydrogens is 284 g/mol. The van der Waals surface area contributed by atoms with E-state index < -0.39 is 0 Å². The summed E-state index contributed by atoms with van der Waals surface area (Å²) in [6.45, 7) is 2.01. The number of rotatable bonds is 5. The molecule has 3 nitrogen and oxygen atoms in total. The highest BCUT2D eigenvalue weighted by Gasteiger charge is 2.32. The predicted molar refractivity (Wildman–Crippen MR) is 87.5 cm³/mol. The number of carbonyl (C=O) groups excluding carboxylic acids is 1. The Bertz CT molecular complexity index is 466. The van der Waals surface area contributed by atoms with Crippen LogP contribution in [0.15, 0.2) is 24.3 Å². The second-order valence-corrected chi connectivity index (χ2v) is 6.54. The van der Waals surface area contributed by atoms with Gasteiger partial charge in [-0.1, -0.05) is 43.0 Å². The summed E-state index contributed by atoms with van der Waals surface area (Å²) >= 11 is 5.89. The zero-order chi connectivity index (χ0) is 15.3. The first-order chi connectivity index (χ1) is 10.0. The molecule has 1 aromatic carbocycles. The topological polar surface area (TPSA) is 41.1 Å². The van der Waals surface area contributed by atoms with Crippen molar-refractivity contribution in [3.05, 3.63) is 34.9 Å². The summed E-state index contributed by atoms with van der Waals surface area (Å²) in [6.07, 6.45) is 6.44. The lowest BCUT2D eigenvalue weighted by Gasteiger charge is -2.37. The molecule has 1 amide bonds. The molecule has 0 spiro atoms. The van der Waals surface area contributed by atoms with Crippen LogP contribution in [0.3, 0.4) is 0 Å². The molecule has 0 radical (unpaired) electrons. The summed E-state index contributed by atoms with van der Waals surface area (Å²) in [5.41, 5.74) is 1.07. The van der Waals surface area contributed by atoms with Crippen molar-refractivity contribution in [1.29, 1.82) is 0 Å². The second-order valence-electron chi connectivity index (χ2n) is 6.11. The summed E-state index contributed by atoms with van der Waals surface area (Å²) in [7, 11) is 1.97. The first-order valence-corrected chi connectivity index (χ1v) is 8.16. The van der Waals surface area contributed by atoms with Gasteiger partial charge in [-0.3, -0.25) is 4.79 Å². The lowest BCUT2D eigenvalue weighted by Crippen LogP contribution is -2.48. The zero-order valence-corrected chi connectivity index (χ0v) is 13.7. The standard InChI is InChI=1S/C17H25ClN2O/c1-13(14-6-8-15(18)9-7-14)20-16(21)12-17(19-2)10-4-3-5-11-17/h6-9,13,19H,3-5,10-12H2,1-2H3,(H,20,21)/t13-/m1/s1. The van der Waals surface area contributed by atoms with Gasteiger partial charge in [0.1, 0.15) is 0 Å². The van der Waals surface area contributed by atoms with Gasteiger partial charge in [-0.15, -0.1) is 0 Å². The van der Waals surface area contributed by atoms with Gasteiger partial charge in [0.2, 0.25) is 5.91 Å². The molecule has 1 fully saturated rings. The zero-order valence-electron chi connectivity index (χ0n) is 12.9. The minimum absolute atomic E-state index is 0.00673. The SMILES string of the molecule is CNC1(CC(=O)N[C@H](C)c2ccc(Cl)cc2)CCCCC1. The largest absolute Gasteiger partial charge is 0.350 e. The number of hydrogen-bond acceptors (Lipinski definition) is 2. The Balaban J connectivity index is 1.92. The van der Waals surface area contributed by atoms with Gasteiger partial charge in [0.15, 0.2) is 0 Å².